The highest BCUT2D eigenvalue weighted by Crippen LogP contribution is 2.34. The third-order valence-corrected chi connectivity index (χ3v) is 4.73. The number of hydrogen-bond donors (Lipinski definition) is 1. The van der Waals surface area contributed by atoms with Crippen LogP contribution in [0.25, 0.3) is 5.57 Å². The second kappa shape index (κ2) is 7.89. The van der Waals surface area contributed by atoms with Crippen molar-refractivity contribution in [2.75, 3.05) is 19.0 Å². The van der Waals surface area contributed by atoms with Gasteiger partial charge in [-0.3, -0.25) is 14.5 Å². The first kappa shape index (κ1) is 19.7. The number of nitrogens with zero attached hydrogens (tertiary/aromatic N) is 1. The molecule has 0 fully saturated rings. The molecule has 3 rings (SSSR count). The van der Waals surface area contributed by atoms with E-state index in [2.05, 4.69) is 5.32 Å². The van der Waals surface area contributed by atoms with Crippen molar-refractivity contribution in [2.24, 2.45) is 5.92 Å². The molecule has 2 amide bonds. The Balaban J connectivity index is 2.14. The summed E-state index contributed by atoms with van der Waals surface area (Å²) in [6.45, 7) is 8.32. The summed E-state index contributed by atoms with van der Waals surface area (Å²) in [5, 5.41) is 3.18. The summed E-state index contributed by atoms with van der Waals surface area (Å²) in [5.41, 5.74) is 4.19. The average molecular weight is 378 g/mol. The van der Waals surface area contributed by atoms with Crippen LogP contribution in [0.5, 0.6) is 5.75 Å². The second-order valence-corrected chi connectivity index (χ2v) is 7.51. The molecule has 0 bridgehead atoms. The van der Waals surface area contributed by atoms with Gasteiger partial charge in [-0.15, -0.1) is 0 Å². The lowest BCUT2D eigenvalue weighted by atomic mass is 9.97. The van der Waals surface area contributed by atoms with Gasteiger partial charge in [0.05, 0.1) is 18.4 Å². The minimum Gasteiger partial charge on any atom is -0.495 e. The number of methoxy groups -OCH3 is 1. The smallest absolute Gasteiger partial charge is 0.278 e. The molecule has 0 atom stereocenters. The minimum absolute atomic E-state index is 0.180. The van der Waals surface area contributed by atoms with Crippen LogP contribution in [-0.2, 0) is 9.59 Å². The van der Waals surface area contributed by atoms with Crippen molar-refractivity contribution in [1.82, 2.24) is 4.90 Å². The number of nitrogens with one attached hydrogen (secondary N) is 1. The first-order valence-corrected chi connectivity index (χ1v) is 9.41. The van der Waals surface area contributed by atoms with Crippen LogP contribution >= 0.6 is 0 Å². The van der Waals surface area contributed by atoms with Crippen LogP contribution in [0.15, 0.2) is 48.2 Å². The predicted molar refractivity (Wildman–Crippen MR) is 111 cm³/mol. The number of ether oxygens (including phenoxy) is 1. The van der Waals surface area contributed by atoms with Gasteiger partial charge in [0.2, 0.25) is 0 Å². The largest absolute Gasteiger partial charge is 0.495 e. The minimum atomic E-state index is -0.306. The molecule has 0 aliphatic carbocycles. The highest BCUT2D eigenvalue weighted by Gasteiger charge is 2.40. The van der Waals surface area contributed by atoms with Crippen LogP contribution in [0.2, 0.25) is 0 Å². The van der Waals surface area contributed by atoms with E-state index in [9.17, 15) is 9.59 Å². The van der Waals surface area contributed by atoms with Crippen LogP contribution < -0.4 is 10.1 Å². The number of amides is 2. The van der Waals surface area contributed by atoms with Gasteiger partial charge in [-0.25, -0.2) is 0 Å². The summed E-state index contributed by atoms with van der Waals surface area (Å²) in [4.78, 5) is 27.7. The van der Waals surface area contributed by atoms with Gasteiger partial charge < -0.3 is 10.1 Å². The molecule has 1 N–H and O–H groups in total. The number of anilines is 1. The summed E-state index contributed by atoms with van der Waals surface area (Å²) in [6, 6.07) is 13.2. The lowest BCUT2D eigenvalue weighted by Crippen LogP contribution is -2.35. The molecule has 146 valence electrons. The molecule has 1 aliphatic heterocycles. The van der Waals surface area contributed by atoms with Gasteiger partial charge in [-0.2, -0.15) is 0 Å². The first-order valence-electron chi connectivity index (χ1n) is 9.41. The number of benzene rings is 2. The average Bonchev–Trinajstić information content (AvgIpc) is 2.87. The van der Waals surface area contributed by atoms with E-state index >= 15 is 0 Å². The van der Waals surface area contributed by atoms with E-state index in [1.165, 1.54) is 4.90 Å². The Morgan fingerprint density at radius 1 is 1.04 bits per heavy atom. The van der Waals surface area contributed by atoms with Crippen molar-refractivity contribution in [3.63, 3.8) is 0 Å². The van der Waals surface area contributed by atoms with Crippen LogP contribution in [0.1, 0.15) is 30.5 Å². The molecule has 28 heavy (non-hydrogen) atoms. The Morgan fingerprint density at radius 3 is 2.39 bits per heavy atom. The zero-order valence-electron chi connectivity index (χ0n) is 17.0. The van der Waals surface area contributed by atoms with Gasteiger partial charge in [0.1, 0.15) is 11.4 Å². The molecule has 2 aromatic carbocycles. The van der Waals surface area contributed by atoms with E-state index in [1.807, 2.05) is 70.2 Å². The molecule has 5 heteroatoms. The highest BCUT2D eigenvalue weighted by atomic mass is 16.5. The van der Waals surface area contributed by atoms with Gasteiger partial charge in [-0.1, -0.05) is 49.7 Å². The molecule has 1 heterocycles. The highest BCUT2D eigenvalue weighted by molar-refractivity contribution is 6.36. The Bertz CT molecular complexity index is 960. The van der Waals surface area contributed by atoms with Gasteiger partial charge in [0, 0.05) is 6.54 Å². The number of hydrogen-bond acceptors (Lipinski definition) is 4. The maximum Gasteiger partial charge on any atom is 0.278 e. The normalized spacial score (nSPS) is 14.3. The molecule has 0 saturated heterocycles. The van der Waals surface area contributed by atoms with Crippen LogP contribution in [0.4, 0.5) is 5.69 Å². The van der Waals surface area contributed by atoms with E-state index in [4.69, 9.17) is 4.74 Å². The lowest BCUT2D eigenvalue weighted by molar-refractivity contribution is -0.137. The predicted octanol–water partition coefficient (Wildman–Crippen LogP) is 4.16. The molecule has 5 nitrogen and oxygen atoms in total. The zero-order chi connectivity index (χ0) is 20.4. The second-order valence-electron chi connectivity index (χ2n) is 7.51. The molecular weight excluding hydrogens is 352 g/mol. The number of carbonyl (C=O) groups is 2. The fraction of sp³-hybridized carbons (Fsp3) is 0.304. The van der Waals surface area contributed by atoms with E-state index in [1.54, 1.807) is 7.11 Å². The Hall–Kier alpha value is -3.08. The summed E-state index contributed by atoms with van der Waals surface area (Å²) in [6.07, 6.45) is 0. The topological polar surface area (TPSA) is 58.6 Å². The van der Waals surface area contributed by atoms with E-state index < -0.39 is 0 Å². The van der Waals surface area contributed by atoms with Gasteiger partial charge in [0.25, 0.3) is 11.8 Å². The van der Waals surface area contributed by atoms with E-state index in [-0.39, 0.29) is 17.7 Å². The Kier molecular flexibility index (Phi) is 5.54. The third kappa shape index (κ3) is 3.65. The molecule has 0 radical (unpaired) electrons. The van der Waals surface area contributed by atoms with Crippen molar-refractivity contribution < 1.29 is 14.3 Å². The fourth-order valence-corrected chi connectivity index (χ4v) is 3.45. The van der Waals surface area contributed by atoms with E-state index in [0.29, 0.717) is 29.3 Å². The quantitative estimate of drug-likeness (QED) is 0.767. The maximum absolute atomic E-state index is 13.2. The summed E-state index contributed by atoms with van der Waals surface area (Å²) in [5.74, 6) is 0.221. The number of imide groups is 1. The molecular formula is C23H26N2O3. The Morgan fingerprint density at radius 2 is 1.75 bits per heavy atom. The van der Waals surface area contributed by atoms with Crippen LogP contribution in [-0.4, -0.2) is 30.4 Å². The third-order valence-electron chi connectivity index (χ3n) is 4.73. The SMILES string of the molecule is COc1ccccc1NC1=C(c2ccc(C)cc2C)C(=O)N(CC(C)C)C1=O. The van der Waals surface area contributed by atoms with Gasteiger partial charge in [0.15, 0.2) is 0 Å². The van der Waals surface area contributed by atoms with E-state index in [0.717, 1.165) is 16.7 Å². The molecule has 1 aliphatic rings. The Labute approximate surface area is 166 Å². The fourth-order valence-electron chi connectivity index (χ4n) is 3.45. The molecule has 0 saturated carbocycles. The zero-order valence-corrected chi connectivity index (χ0v) is 17.0. The van der Waals surface area contributed by atoms with Crippen LogP contribution in [0, 0.1) is 19.8 Å². The summed E-state index contributed by atoms with van der Waals surface area (Å²) < 4.78 is 5.39. The van der Waals surface area contributed by atoms with Crippen molar-refractivity contribution >= 4 is 23.1 Å². The van der Waals surface area contributed by atoms with Crippen molar-refractivity contribution in [3.8, 4) is 5.75 Å². The monoisotopic (exact) mass is 378 g/mol. The number of rotatable bonds is 6. The van der Waals surface area contributed by atoms with Crippen molar-refractivity contribution in [2.45, 2.75) is 27.7 Å². The standard InChI is InChI=1S/C23H26N2O3/c1-14(2)13-25-22(26)20(17-11-10-15(3)12-16(17)4)21(23(25)27)24-18-8-6-7-9-19(18)28-5/h6-12,14,24H,13H2,1-5H3. The lowest BCUT2D eigenvalue weighted by Gasteiger charge is -2.17. The molecule has 0 unspecified atom stereocenters. The van der Waals surface area contributed by atoms with Gasteiger partial charge >= 0.3 is 0 Å². The molecule has 0 aromatic heterocycles. The van der Waals surface area contributed by atoms with Crippen molar-refractivity contribution in [3.05, 3.63) is 64.9 Å². The number of aryl methyl sites for hydroxylation is 2. The first-order chi connectivity index (χ1) is 13.3. The van der Waals surface area contributed by atoms with Crippen LogP contribution in [0.3, 0.4) is 0 Å². The van der Waals surface area contributed by atoms with Gasteiger partial charge in [-0.05, 0) is 43.0 Å². The number of carbonyl (C=O) groups excluding carboxylic acids is 2. The van der Waals surface area contributed by atoms with Crippen molar-refractivity contribution in [1.29, 1.82) is 0 Å². The molecule has 0 spiro atoms. The summed E-state index contributed by atoms with van der Waals surface area (Å²) in [7, 11) is 1.58. The molecule has 2 aromatic rings. The number of para-hydroxylation sites is 2. The summed E-state index contributed by atoms with van der Waals surface area (Å²) >= 11 is 0. The maximum atomic E-state index is 13.2.